The molecule has 1 aliphatic carbocycles. The Kier molecular flexibility index (Phi) is 7.55. The Morgan fingerprint density at radius 1 is 1.25 bits per heavy atom. The molecule has 1 saturated carbocycles. The van der Waals surface area contributed by atoms with Crippen LogP contribution in [-0.2, 0) is 0 Å². The molecule has 0 aromatic heterocycles. The van der Waals surface area contributed by atoms with E-state index in [1.807, 2.05) is 11.8 Å². The van der Waals surface area contributed by atoms with Crippen LogP contribution in [0.5, 0.6) is 0 Å². The van der Waals surface area contributed by atoms with Crippen LogP contribution in [0.15, 0.2) is 0 Å². The highest BCUT2D eigenvalue weighted by Crippen LogP contribution is 2.36. The molecule has 1 fully saturated rings. The van der Waals surface area contributed by atoms with Gasteiger partial charge in [0.1, 0.15) is 0 Å². The summed E-state index contributed by atoms with van der Waals surface area (Å²) in [6.45, 7) is 7.04. The lowest BCUT2D eigenvalue weighted by molar-refractivity contribution is 0.175. The summed E-state index contributed by atoms with van der Waals surface area (Å²) in [4.78, 5) is 0. The van der Waals surface area contributed by atoms with Crippen molar-refractivity contribution >= 4 is 11.8 Å². The Morgan fingerprint density at radius 2 is 2.06 bits per heavy atom. The molecule has 16 heavy (non-hydrogen) atoms. The lowest BCUT2D eigenvalue weighted by Crippen LogP contribution is -2.32. The topological polar surface area (TPSA) is 12.0 Å². The van der Waals surface area contributed by atoms with E-state index in [9.17, 15) is 0 Å². The van der Waals surface area contributed by atoms with Gasteiger partial charge in [0.2, 0.25) is 0 Å². The van der Waals surface area contributed by atoms with Gasteiger partial charge in [-0.15, -0.1) is 0 Å². The Hall–Kier alpha value is 0.310. The van der Waals surface area contributed by atoms with Crippen molar-refractivity contribution in [1.29, 1.82) is 0 Å². The van der Waals surface area contributed by atoms with Crippen molar-refractivity contribution in [2.24, 2.45) is 17.8 Å². The monoisotopic (exact) mass is 243 g/mol. The van der Waals surface area contributed by atoms with Gasteiger partial charge >= 0.3 is 0 Å². The largest absolute Gasteiger partial charge is 0.317 e. The van der Waals surface area contributed by atoms with Gasteiger partial charge in [-0.3, -0.25) is 0 Å². The van der Waals surface area contributed by atoms with E-state index >= 15 is 0 Å². The minimum absolute atomic E-state index is 0.956. The Balaban J connectivity index is 2.32. The van der Waals surface area contributed by atoms with Gasteiger partial charge in [0.25, 0.3) is 0 Å². The van der Waals surface area contributed by atoms with Gasteiger partial charge in [-0.2, -0.15) is 11.8 Å². The van der Waals surface area contributed by atoms with Crippen LogP contribution in [0.4, 0.5) is 0 Å². The van der Waals surface area contributed by atoms with Crippen molar-refractivity contribution in [3.05, 3.63) is 0 Å². The lowest BCUT2D eigenvalue weighted by Gasteiger charge is -2.35. The van der Waals surface area contributed by atoms with E-state index in [0.29, 0.717) is 0 Å². The molecular formula is C14H29NS. The first-order valence-corrected chi connectivity index (χ1v) is 8.37. The summed E-state index contributed by atoms with van der Waals surface area (Å²) >= 11 is 1.99. The number of hydrogen-bond acceptors (Lipinski definition) is 2. The number of hydrogen-bond donors (Lipinski definition) is 1. The summed E-state index contributed by atoms with van der Waals surface area (Å²) < 4.78 is 0. The molecule has 96 valence electrons. The minimum Gasteiger partial charge on any atom is -0.317 e. The third kappa shape index (κ3) is 5.09. The maximum Gasteiger partial charge on any atom is -0.00180 e. The van der Waals surface area contributed by atoms with E-state index in [0.717, 1.165) is 24.3 Å². The highest BCUT2D eigenvalue weighted by Gasteiger charge is 2.27. The SMILES string of the molecule is CCNCC1CCC(C)CC1CCCSC. The first-order chi connectivity index (χ1) is 7.77. The maximum absolute atomic E-state index is 3.55. The van der Waals surface area contributed by atoms with Gasteiger partial charge in [-0.05, 0) is 68.5 Å². The molecule has 0 aliphatic heterocycles. The van der Waals surface area contributed by atoms with Gasteiger partial charge in [0, 0.05) is 0 Å². The molecule has 0 spiro atoms. The van der Waals surface area contributed by atoms with Crippen LogP contribution in [0.1, 0.15) is 46.0 Å². The minimum atomic E-state index is 0.956. The average molecular weight is 243 g/mol. The molecule has 0 aromatic carbocycles. The van der Waals surface area contributed by atoms with Crippen LogP contribution in [-0.4, -0.2) is 25.1 Å². The zero-order valence-corrected chi connectivity index (χ0v) is 12.1. The summed E-state index contributed by atoms with van der Waals surface area (Å²) in [5, 5.41) is 3.55. The van der Waals surface area contributed by atoms with E-state index in [4.69, 9.17) is 0 Å². The lowest BCUT2D eigenvalue weighted by atomic mass is 9.73. The van der Waals surface area contributed by atoms with E-state index in [2.05, 4.69) is 25.4 Å². The maximum atomic E-state index is 3.55. The molecule has 1 rings (SSSR count). The van der Waals surface area contributed by atoms with Gasteiger partial charge in [-0.25, -0.2) is 0 Å². The first kappa shape index (κ1) is 14.4. The van der Waals surface area contributed by atoms with Crippen molar-refractivity contribution in [2.75, 3.05) is 25.1 Å². The standard InChI is InChI=1S/C14H29NS/c1-4-15-11-14-8-7-12(2)10-13(14)6-5-9-16-3/h12-15H,4-11H2,1-3H3. The van der Waals surface area contributed by atoms with E-state index in [1.165, 1.54) is 44.4 Å². The third-order valence-electron chi connectivity index (χ3n) is 3.98. The van der Waals surface area contributed by atoms with Crippen molar-refractivity contribution in [3.63, 3.8) is 0 Å². The molecule has 1 N–H and O–H groups in total. The molecule has 0 radical (unpaired) electrons. The molecule has 1 aliphatic rings. The van der Waals surface area contributed by atoms with Gasteiger partial charge in [0.05, 0.1) is 0 Å². The second kappa shape index (κ2) is 8.41. The summed E-state index contributed by atoms with van der Waals surface area (Å²) in [7, 11) is 0. The van der Waals surface area contributed by atoms with E-state index in [-0.39, 0.29) is 0 Å². The molecule has 3 unspecified atom stereocenters. The molecule has 0 saturated heterocycles. The van der Waals surface area contributed by atoms with Crippen molar-refractivity contribution in [1.82, 2.24) is 5.32 Å². The molecule has 0 heterocycles. The zero-order chi connectivity index (χ0) is 11.8. The number of rotatable bonds is 7. The van der Waals surface area contributed by atoms with E-state index in [1.54, 1.807) is 0 Å². The molecular weight excluding hydrogens is 214 g/mol. The third-order valence-corrected chi connectivity index (χ3v) is 4.68. The molecule has 1 nitrogen and oxygen atoms in total. The Labute approximate surface area is 106 Å². The first-order valence-electron chi connectivity index (χ1n) is 6.97. The highest BCUT2D eigenvalue weighted by atomic mass is 32.2. The van der Waals surface area contributed by atoms with Gasteiger partial charge in [-0.1, -0.05) is 20.3 Å². The highest BCUT2D eigenvalue weighted by molar-refractivity contribution is 7.98. The van der Waals surface area contributed by atoms with Crippen LogP contribution in [0.25, 0.3) is 0 Å². The van der Waals surface area contributed by atoms with Crippen LogP contribution >= 0.6 is 11.8 Å². The Bertz CT molecular complexity index is 170. The second-order valence-corrected chi connectivity index (χ2v) is 6.37. The predicted octanol–water partition coefficient (Wildman–Crippen LogP) is 3.79. The summed E-state index contributed by atoms with van der Waals surface area (Å²) in [5.74, 6) is 4.27. The average Bonchev–Trinajstić information content (AvgIpc) is 2.28. The number of thioether (sulfide) groups is 1. The smallest absolute Gasteiger partial charge is 0.00180 e. The van der Waals surface area contributed by atoms with Crippen molar-refractivity contribution in [2.45, 2.75) is 46.0 Å². The fourth-order valence-electron chi connectivity index (χ4n) is 3.00. The zero-order valence-electron chi connectivity index (χ0n) is 11.3. The quantitative estimate of drug-likeness (QED) is 0.683. The predicted molar refractivity (Wildman–Crippen MR) is 76.2 cm³/mol. The Morgan fingerprint density at radius 3 is 2.75 bits per heavy atom. The molecule has 0 amide bonds. The fourth-order valence-corrected chi connectivity index (χ4v) is 3.46. The van der Waals surface area contributed by atoms with Gasteiger partial charge < -0.3 is 5.32 Å². The van der Waals surface area contributed by atoms with Crippen LogP contribution in [0, 0.1) is 17.8 Å². The number of nitrogens with one attached hydrogen (secondary N) is 1. The van der Waals surface area contributed by atoms with E-state index < -0.39 is 0 Å². The molecule has 2 heteroatoms. The summed E-state index contributed by atoms with van der Waals surface area (Å²) in [6.07, 6.45) is 9.49. The summed E-state index contributed by atoms with van der Waals surface area (Å²) in [5.41, 5.74) is 0. The normalized spacial score (nSPS) is 30.6. The van der Waals surface area contributed by atoms with Crippen LogP contribution in [0.2, 0.25) is 0 Å². The van der Waals surface area contributed by atoms with Crippen molar-refractivity contribution < 1.29 is 0 Å². The van der Waals surface area contributed by atoms with Crippen molar-refractivity contribution in [3.8, 4) is 0 Å². The van der Waals surface area contributed by atoms with Crippen LogP contribution < -0.4 is 5.32 Å². The van der Waals surface area contributed by atoms with Gasteiger partial charge in [0.15, 0.2) is 0 Å². The summed E-state index contributed by atoms with van der Waals surface area (Å²) in [6, 6.07) is 0. The molecule has 0 aromatic rings. The second-order valence-electron chi connectivity index (χ2n) is 5.38. The molecule has 0 bridgehead atoms. The fraction of sp³-hybridized carbons (Fsp3) is 1.00. The molecule has 3 atom stereocenters. The van der Waals surface area contributed by atoms with Crippen LogP contribution in [0.3, 0.4) is 0 Å².